The van der Waals surface area contributed by atoms with Gasteiger partial charge >= 0.3 is 0 Å². The van der Waals surface area contributed by atoms with Crippen molar-refractivity contribution in [3.8, 4) is 0 Å². The highest BCUT2D eigenvalue weighted by Crippen LogP contribution is 2.19. The molecule has 2 heterocycles. The largest absolute Gasteiger partial charge is 0.369 e. The lowest BCUT2D eigenvalue weighted by molar-refractivity contribution is -0.137. The summed E-state index contributed by atoms with van der Waals surface area (Å²) in [5.41, 5.74) is 1.05. The lowest BCUT2D eigenvalue weighted by Gasteiger charge is -2.41. The van der Waals surface area contributed by atoms with Crippen LogP contribution in [0, 0.1) is 5.82 Å². The molecule has 0 bridgehead atoms. The molecule has 2 atom stereocenters. The van der Waals surface area contributed by atoms with E-state index in [0.29, 0.717) is 6.04 Å². The van der Waals surface area contributed by atoms with Gasteiger partial charge in [-0.25, -0.2) is 4.39 Å². The summed E-state index contributed by atoms with van der Waals surface area (Å²) in [6, 6.07) is 6.99. The number of anilines is 1. The Bertz CT molecular complexity index is 571. The van der Waals surface area contributed by atoms with Crippen LogP contribution < -0.4 is 10.2 Å². The third-order valence-electron chi connectivity index (χ3n) is 5.55. The van der Waals surface area contributed by atoms with Gasteiger partial charge in [-0.3, -0.25) is 9.69 Å². The first-order valence-electron chi connectivity index (χ1n) is 9.29. The molecule has 0 radical (unpaired) electrons. The summed E-state index contributed by atoms with van der Waals surface area (Å²) in [4.78, 5) is 19.4. The van der Waals surface area contributed by atoms with Gasteiger partial charge in [0.05, 0.1) is 6.04 Å². The number of likely N-dealkylation sites (tertiary alicyclic amines) is 1. The topological polar surface area (TPSA) is 38.8 Å². The minimum Gasteiger partial charge on any atom is -0.369 e. The van der Waals surface area contributed by atoms with Gasteiger partial charge in [-0.05, 0) is 51.1 Å². The van der Waals surface area contributed by atoms with E-state index < -0.39 is 0 Å². The number of nitrogens with one attached hydrogen (secondary N) is 1. The maximum atomic E-state index is 13.1. The van der Waals surface area contributed by atoms with Gasteiger partial charge in [-0.15, -0.1) is 0 Å². The van der Waals surface area contributed by atoms with E-state index in [9.17, 15) is 9.18 Å². The van der Waals surface area contributed by atoms with E-state index in [1.165, 1.54) is 12.1 Å². The summed E-state index contributed by atoms with van der Waals surface area (Å²) in [5, 5.41) is 3.29. The number of hydrogen-bond donors (Lipinski definition) is 1. The van der Waals surface area contributed by atoms with E-state index in [1.54, 1.807) is 0 Å². The molecule has 138 valence electrons. The molecule has 0 saturated carbocycles. The van der Waals surface area contributed by atoms with E-state index >= 15 is 0 Å². The van der Waals surface area contributed by atoms with Crippen molar-refractivity contribution < 1.29 is 9.18 Å². The van der Waals surface area contributed by atoms with E-state index in [-0.39, 0.29) is 17.8 Å². The van der Waals surface area contributed by atoms with Crippen molar-refractivity contribution in [2.75, 3.05) is 51.2 Å². The third-order valence-corrected chi connectivity index (χ3v) is 5.55. The molecule has 0 spiro atoms. The van der Waals surface area contributed by atoms with E-state index in [2.05, 4.69) is 15.1 Å². The summed E-state index contributed by atoms with van der Waals surface area (Å²) < 4.78 is 13.1. The Morgan fingerprint density at radius 1 is 1.16 bits per heavy atom. The molecule has 2 aliphatic rings. The van der Waals surface area contributed by atoms with E-state index in [4.69, 9.17) is 0 Å². The van der Waals surface area contributed by atoms with Gasteiger partial charge in [-0.1, -0.05) is 0 Å². The van der Waals surface area contributed by atoms with Crippen molar-refractivity contribution in [2.45, 2.75) is 31.8 Å². The number of rotatable bonds is 4. The predicted molar refractivity (Wildman–Crippen MR) is 98.3 cm³/mol. The van der Waals surface area contributed by atoms with E-state index in [1.807, 2.05) is 31.0 Å². The number of benzene rings is 1. The second-order valence-electron chi connectivity index (χ2n) is 7.09. The summed E-state index contributed by atoms with van der Waals surface area (Å²) in [5.74, 6) is 0.0400. The lowest BCUT2D eigenvalue weighted by Crippen LogP contribution is -2.57. The average Bonchev–Trinajstić information content (AvgIpc) is 2.67. The van der Waals surface area contributed by atoms with Crippen LogP contribution in [0.1, 0.15) is 19.8 Å². The summed E-state index contributed by atoms with van der Waals surface area (Å²) in [6.45, 7) is 7.15. The maximum Gasteiger partial charge on any atom is 0.239 e. The molecule has 25 heavy (non-hydrogen) atoms. The van der Waals surface area contributed by atoms with Gasteiger partial charge in [0.25, 0.3) is 0 Å². The number of piperazine rings is 1. The molecule has 1 aromatic carbocycles. The molecule has 2 unspecified atom stereocenters. The minimum atomic E-state index is -0.206. The predicted octanol–water partition coefficient (Wildman–Crippen LogP) is 1.55. The molecule has 1 aromatic rings. The van der Waals surface area contributed by atoms with Crippen molar-refractivity contribution in [2.24, 2.45) is 0 Å². The fourth-order valence-electron chi connectivity index (χ4n) is 3.85. The number of nitrogens with zero attached hydrogens (tertiary/aromatic N) is 3. The molecule has 6 heteroatoms. The molecular weight excluding hydrogens is 319 g/mol. The quantitative estimate of drug-likeness (QED) is 0.896. The molecule has 2 saturated heterocycles. The standard InChI is InChI=1S/C19H29FN4O/c1-15(19(25)24-9-3-4-17(14-24)21-2)22-10-12-23(13-11-22)18-7-5-16(20)6-8-18/h5-8,15,17,21H,3-4,9-14H2,1-2H3. The van der Waals surface area contributed by atoms with Crippen LogP contribution in [0.4, 0.5) is 10.1 Å². The number of halogens is 1. The van der Waals surface area contributed by atoms with Crippen molar-refractivity contribution in [3.63, 3.8) is 0 Å². The number of hydrogen-bond acceptors (Lipinski definition) is 4. The van der Waals surface area contributed by atoms with E-state index in [0.717, 1.165) is 57.8 Å². The zero-order valence-corrected chi connectivity index (χ0v) is 15.2. The van der Waals surface area contributed by atoms with Gasteiger partial charge in [0.1, 0.15) is 5.82 Å². The van der Waals surface area contributed by atoms with Crippen LogP contribution in [-0.4, -0.2) is 74.1 Å². The second kappa shape index (κ2) is 8.15. The van der Waals surface area contributed by atoms with Crippen LogP contribution in [0.2, 0.25) is 0 Å². The molecule has 0 aliphatic carbocycles. The van der Waals surface area contributed by atoms with Gasteiger partial charge in [0.2, 0.25) is 5.91 Å². The molecule has 2 aliphatic heterocycles. The maximum absolute atomic E-state index is 13.1. The van der Waals surface area contributed by atoms with Crippen molar-refractivity contribution in [1.82, 2.24) is 15.1 Å². The van der Waals surface area contributed by atoms with Crippen molar-refractivity contribution >= 4 is 11.6 Å². The fraction of sp³-hybridized carbons (Fsp3) is 0.632. The Hall–Kier alpha value is -1.66. The minimum absolute atomic E-state index is 0.0778. The number of carbonyl (C=O) groups excluding carboxylic acids is 1. The second-order valence-corrected chi connectivity index (χ2v) is 7.09. The Balaban J connectivity index is 1.53. The average molecular weight is 348 g/mol. The SMILES string of the molecule is CNC1CCCN(C(=O)C(C)N2CCN(c3ccc(F)cc3)CC2)C1. The Labute approximate surface area is 149 Å². The number of amides is 1. The van der Waals surface area contributed by atoms with Crippen LogP contribution in [0.5, 0.6) is 0 Å². The normalized spacial score (nSPS) is 23.6. The van der Waals surface area contributed by atoms with Crippen LogP contribution in [0.25, 0.3) is 0 Å². The van der Waals surface area contributed by atoms with Gasteiger partial charge in [0, 0.05) is 51.0 Å². The zero-order chi connectivity index (χ0) is 17.8. The molecule has 3 rings (SSSR count). The highest BCUT2D eigenvalue weighted by molar-refractivity contribution is 5.81. The van der Waals surface area contributed by atoms with Crippen molar-refractivity contribution in [3.05, 3.63) is 30.1 Å². The number of likely N-dealkylation sites (N-methyl/N-ethyl adjacent to an activating group) is 1. The highest BCUT2D eigenvalue weighted by atomic mass is 19.1. The van der Waals surface area contributed by atoms with Crippen molar-refractivity contribution in [1.29, 1.82) is 0 Å². The first-order valence-corrected chi connectivity index (χ1v) is 9.29. The number of carbonyl (C=O) groups is 1. The summed E-state index contributed by atoms with van der Waals surface area (Å²) in [7, 11) is 1.97. The zero-order valence-electron chi connectivity index (χ0n) is 15.2. The molecule has 5 nitrogen and oxygen atoms in total. The Morgan fingerprint density at radius 3 is 2.48 bits per heavy atom. The molecule has 2 fully saturated rings. The first kappa shape index (κ1) is 18.1. The molecular formula is C19H29FN4O. The highest BCUT2D eigenvalue weighted by Gasteiger charge is 2.31. The van der Waals surface area contributed by atoms with Gasteiger partial charge in [-0.2, -0.15) is 0 Å². The summed E-state index contributed by atoms with van der Waals surface area (Å²) >= 11 is 0. The molecule has 1 amide bonds. The third kappa shape index (κ3) is 4.30. The van der Waals surface area contributed by atoms with Crippen LogP contribution in [-0.2, 0) is 4.79 Å². The summed E-state index contributed by atoms with van der Waals surface area (Å²) in [6.07, 6.45) is 2.22. The van der Waals surface area contributed by atoms with Gasteiger partial charge < -0.3 is 15.1 Å². The van der Waals surface area contributed by atoms with Gasteiger partial charge in [0.15, 0.2) is 0 Å². The molecule has 1 N–H and O–H groups in total. The monoisotopic (exact) mass is 348 g/mol. The van der Waals surface area contributed by atoms with Crippen LogP contribution in [0.3, 0.4) is 0 Å². The molecule has 0 aromatic heterocycles. The fourth-order valence-corrected chi connectivity index (χ4v) is 3.85. The lowest BCUT2D eigenvalue weighted by atomic mass is 10.0. The smallest absolute Gasteiger partial charge is 0.239 e. The first-order chi connectivity index (χ1) is 12.1. The number of piperidine rings is 1. The Kier molecular flexibility index (Phi) is 5.91. The van der Waals surface area contributed by atoms with Crippen LogP contribution >= 0.6 is 0 Å². The Morgan fingerprint density at radius 2 is 1.84 bits per heavy atom. The van der Waals surface area contributed by atoms with Crippen LogP contribution in [0.15, 0.2) is 24.3 Å².